The lowest BCUT2D eigenvalue weighted by atomic mass is 10.2. The van der Waals surface area contributed by atoms with Gasteiger partial charge in [-0.25, -0.2) is 12.7 Å². The van der Waals surface area contributed by atoms with Crippen LogP contribution in [-0.2, 0) is 28.0 Å². The van der Waals surface area contributed by atoms with Crippen molar-refractivity contribution >= 4 is 21.6 Å². The smallest absolute Gasteiger partial charge is 0.255 e. The summed E-state index contributed by atoms with van der Waals surface area (Å²) in [7, 11) is -0.720. The van der Waals surface area contributed by atoms with E-state index in [1.54, 1.807) is 36.6 Å². The third-order valence-corrected chi connectivity index (χ3v) is 5.96. The van der Waals surface area contributed by atoms with E-state index in [-0.39, 0.29) is 10.5 Å². The Morgan fingerprint density at radius 3 is 2.55 bits per heavy atom. The number of furan rings is 1. The summed E-state index contributed by atoms with van der Waals surface area (Å²) in [6.07, 6.45) is 1.59. The lowest BCUT2D eigenvalue weighted by molar-refractivity contribution is 0.0929. The van der Waals surface area contributed by atoms with Gasteiger partial charge in [-0.2, -0.15) is 0 Å². The molecule has 8 heteroatoms. The van der Waals surface area contributed by atoms with Crippen molar-refractivity contribution < 1.29 is 22.4 Å². The Morgan fingerprint density at radius 2 is 1.83 bits per heavy atom. The van der Waals surface area contributed by atoms with Gasteiger partial charge in [-0.15, -0.1) is 0 Å². The first-order valence-electron chi connectivity index (χ1n) is 8.89. The summed E-state index contributed by atoms with van der Waals surface area (Å²) in [5.41, 5.74) is 1.74. The van der Waals surface area contributed by atoms with Crippen molar-refractivity contribution in [3.8, 4) is 0 Å². The predicted octanol–water partition coefficient (Wildman–Crippen LogP) is 3.50. The predicted molar refractivity (Wildman–Crippen MR) is 109 cm³/mol. The number of nitrogens with one attached hydrogen (secondary N) is 1. The maximum Gasteiger partial charge on any atom is 0.255 e. The largest absolute Gasteiger partial charge is 0.467 e. The molecule has 0 aliphatic carbocycles. The van der Waals surface area contributed by atoms with E-state index >= 15 is 0 Å². The zero-order valence-corrected chi connectivity index (χ0v) is 17.0. The van der Waals surface area contributed by atoms with E-state index < -0.39 is 15.9 Å². The Bertz CT molecular complexity index is 1080. The quantitative estimate of drug-likeness (QED) is 0.609. The molecule has 0 aliphatic rings. The van der Waals surface area contributed by atoms with Crippen LogP contribution in [-0.4, -0.2) is 32.7 Å². The van der Waals surface area contributed by atoms with Gasteiger partial charge in [0, 0.05) is 25.3 Å². The molecule has 3 rings (SSSR count). The normalized spacial score (nSPS) is 11.6. The molecule has 0 fully saturated rings. The van der Waals surface area contributed by atoms with Gasteiger partial charge in [0.25, 0.3) is 5.91 Å². The van der Waals surface area contributed by atoms with Crippen molar-refractivity contribution in [2.75, 3.05) is 19.4 Å². The average molecular weight is 414 g/mol. The van der Waals surface area contributed by atoms with Crippen LogP contribution >= 0.6 is 0 Å². The van der Waals surface area contributed by atoms with Gasteiger partial charge < -0.3 is 14.5 Å². The molecule has 0 aliphatic heterocycles. The summed E-state index contributed by atoms with van der Waals surface area (Å²) in [5, 5.41) is 2.79. The van der Waals surface area contributed by atoms with Gasteiger partial charge in [0.05, 0.1) is 17.8 Å². The molecule has 0 saturated heterocycles. The second-order valence-electron chi connectivity index (χ2n) is 6.54. The lowest BCUT2D eigenvalue weighted by Gasteiger charge is -2.12. The molecule has 29 heavy (non-hydrogen) atoms. The van der Waals surface area contributed by atoms with E-state index in [0.29, 0.717) is 18.9 Å². The Morgan fingerprint density at radius 1 is 1.03 bits per heavy atom. The minimum atomic E-state index is -3.61. The minimum Gasteiger partial charge on any atom is -0.467 e. The number of anilines is 1. The van der Waals surface area contributed by atoms with Crippen LogP contribution in [0.15, 0.2) is 76.2 Å². The van der Waals surface area contributed by atoms with Crippen LogP contribution in [0.25, 0.3) is 0 Å². The fourth-order valence-electron chi connectivity index (χ4n) is 2.61. The monoisotopic (exact) mass is 414 g/mol. The van der Waals surface area contributed by atoms with E-state index in [0.717, 1.165) is 15.6 Å². The number of amides is 1. The second kappa shape index (κ2) is 9.04. The third-order valence-electron chi connectivity index (χ3n) is 4.15. The first-order chi connectivity index (χ1) is 13.9. The molecule has 0 radical (unpaired) electrons. The summed E-state index contributed by atoms with van der Waals surface area (Å²) >= 11 is 0. The number of carbonyl (C=O) groups is 1. The topological polar surface area (TPSA) is 88.9 Å². The molecule has 0 spiro atoms. The average Bonchev–Trinajstić information content (AvgIpc) is 3.22. The number of carbonyl (C=O) groups excluding carboxylic acids is 1. The summed E-state index contributed by atoms with van der Waals surface area (Å²) in [4.78, 5) is 12.6. The second-order valence-corrected chi connectivity index (χ2v) is 8.69. The Labute approximate surface area is 170 Å². The van der Waals surface area contributed by atoms with Crippen molar-refractivity contribution in [2.45, 2.75) is 18.1 Å². The number of ether oxygens (including phenoxy) is 1. The Balaban J connectivity index is 1.66. The Hall–Kier alpha value is -2.94. The van der Waals surface area contributed by atoms with Gasteiger partial charge in [0.1, 0.15) is 12.4 Å². The molecule has 0 atom stereocenters. The van der Waals surface area contributed by atoms with Crippen LogP contribution in [0.1, 0.15) is 21.7 Å². The van der Waals surface area contributed by atoms with Crippen LogP contribution in [0, 0.1) is 0 Å². The summed E-state index contributed by atoms with van der Waals surface area (Å²) in [6.45, 7) is 0.720. The van der Waals surface area contributed by atoms with Crippen LogP contribution in [0.5, 0.6) is 0 Å². The van der Waals surface area contributed by atoms with E-state index in [1.165, 1.54) is 26.2 Å². The van der Waals surface area contributed by atoms with Crippen molar-refractivity contribution in [1.29, 1.82) is 0 Å². The summed E-state index contributed by atoms with van der Waals surface area (Å²) < 4.78 is 36.5. The fraction of sp³-hybridized carbons (Fsp3) is 0.190. The zero-order valence-electron chi connectivity index (χ0n) is 16.2. The minimum absolute atomic E-state index is 0.0650. The third kappa shape index (κ3) is 5.32. The van der Waals surface area contributed by atoms with E-state index in [1.807, 2.05) is 18.2 Å². The van der Waals surface area contributed by atoms with E-state index in [4.69, 9.17) is 9.15 Å². The van der Waals surface area contributed by atoms with Crippen molar-refractivity contribution in [1.82, 2.24) is 4.31 Å². The molecule has 0 bridgehead atoms. The maximum atomic E-state index is 12.6. The lowest BCUT2D eigenvalue weighted by Crippen LogP contribution is -2.22. The highest BCUT2D eigenvalue weighted by molar-refractivity contribution is 7.89. The van der Waals surface area contributed by atoms with Crippen molar-refractivity contribution in [2.24, 2.45) is 0 Å². The molecule has 1 heterocycles. The molecule has 1 N–H and O–H groups in total. The number of sulfonamides is 1. The maximum absolute atomic E-state index is 12.6. The first-order valence-corrected chi connectivity index (χ1v) is 10.3. The van der Waals surface area contributed by atoms with Crippen molar-refractivity contribution in [3.63, 3.8) is 0 Å². The zero-order chi connectivity index (χ0) is 20.9. The number of benzene rings is 2. The van der Waals surface area contributed by atoms with E-state index in [9.17, 15) is 13.2 Å². The molecule has 152 valence electrons. The van der Waals surface area contributed by atoms with Gasteiger partial charge in [-0.1, -0.05) is 18.2 Å². The first kappa shape index (κ1) is 20.8. The molecule has 0 saturated carbocycles. The Kier molecular flexibility index (Phi) is 6.48. The number of hydrogen-bond acceptors (Lipinski definition) is 5. The molecule has 7 nitrogen and oxygen atoms in total. The van der Waals surface area contributed by atoms with Gasteiger partial charge in [0.2, 0.25) is 10.0 Å². The van der Waals surface area contributed by atoms with Crippen LogP contribution < -0.4 is 5.32 Å². The summed E-state index contributed by atoms with van der Waals surface area (Å²) in [6, 6.07) is 16.8. The van der Waals surface area contributed by atoms with E-state index in [2.05, 4.69) is 5.32 Å². The molecule has 0 unspecified atom stereocenters. The van der Waals surface area contributed by atoms with Crippen LogP contribution in [0.2, 0.25) is 0 Å². The fourth-order valence-corrected chi connectivity index (χ4v) is 3.56. The molecular weight excluding hydrogens is 392 g/mol. The number of hydrogen-bond donors (Lipinski definition) is 1. The van der Waals surface area contributed by atoms with Crippen LogP contribution in [0.3, 0.4) is 0 Å². The molecule has 2 aromatic carbocycles. The van der Waals surface area contributed by atoms with Crippen molar-refractivity contribution in [3.05, 3.63) is 83.8 Å². The highest BCUT2D eigenvalue weighted by Crippen LogP contribution is 2.17. The molecule has 1 aromatic heterocycles. The standard InChI is InChI=1S/C21H22N2O5S/c1-23(2)29(25,26)20-10-4-7-17(13-20)21(24)22-18-8-3-6-16(12-18)14-27-15-19-9-5-11-28-19/h3-13H,14-15H2,1-2H3,(H,22,24). The number of rotatable bonds is 8. The van der Waals surface area contributed by atoms with Crippen LogP contribution in [0.4, 0.5) is 5.69 Å². The highest BCUT2D eigenvalue weighted by Gasteiger charge is 2.18. The molecular formula is C21H22N2O5S. The van der Waals surface area contributed by atoms with Gasteiger partial charge >= 0.3 is 0 Å². The highest BCUT2D eigenvalue weighted by atomic mass is 32.2. The van der Waals surface area contributed by atoms with Gasteiger partial charge in [-0.3, -0.25) is 4.79 Å². The molecule has 1 amide bonds. The van der Waals surface area contributed by atoms with Gasteiger partial charge in [0.15, 0.2) is 0 Å². The van der Waals surface area contributed by atoms with Gasteiger partial charge in [-0.05, 0) is 48.0 Å². The SMILES string of the molecule is CN(C)S(=O)(=O)c1cccc(C(=O)Nc2cccc(COCc3ccco3)c2)c1. The number of nitrogens with zero attached hydrogens (tertiary/aromatic N) is 1. The molecule has 3 aromatic rings. The summed E-state index contributed by atoms with van der Waals surface area (Å²) in [5.74, 6) is 0.344.